The lowest BCUT2D eigenvalue weighted by molar-refractivity contribution is -0.207. The fraction of sp³-hybridized carbons (Fsp3) is 0.455. The van der Waals surface area contributed by atoms with Crippen molar-refractivity contribution >= 4 is 15.9 Å². The molecule has 0 saturated heterocycles. The number of hydrogen-bond acceptors (Lipinski definition) is 2. The molecule has 1 aromatic carbocycles. The quantitative estimate of drug-likeness (QED) is 0.858. The van der Waals surface area contributed by atoms with Crippen LogP contribution in [-0.2, 0) is 6.54 Å². The van der Waals surface area contributed by atoms with Crippen molar-refractivity contribution in [3.63, 3.8) is 0 Å². The topological polar surface area (TPSA) is 23.5 Å². The van der Waals surface area contributed by atoms with E-state index in [4.69, 9.17) is 5.11 Å². The highest BCUT2D eigenvalue weighted by atomic mass is 79.9. The molecule has 0 aliphatic rings. The van der Waals surface area contributed by atoms with E-state index in [1.165, 1.54) is 30.1 Å². The second kappa shape index (κ2) is 5.99. The zero-order valence-electron chi connectivity index (χ0n) is 9.51. The number of likely N-dealkylation sites (N-methyl/N-ethyl adjacent to an activating group) is 1. The molecule has 0 radical (unpaired) electrons. The maximum absolute atomic E-state index is 12.8. The average molecular weight is 330 g/mol. The Labute approximate surface area is 110 Å². The summed E-state index contributed by atoms with van der Waals surface area (Å²) in [4.78, 5) is 1.32. The van der Waals surface area contributed by atoms with Gasteiger partial charge in [0.2, 0.25) is 0 Å². The molecular weight excluding hydrogens is 318 g/mol. The van der Waals surface area contributed by atoms with Crippen molar-refractivity contribution in [2.75, 3.05) is 13.6 Å². The summed E-state index contributed by atoms with van der Waals surface area (Å²) in [6.45, 7) is -0.360. The average Bonchev–Trinajstić information content (AvgIpc) is 2.20. The fourth-order valence-electron chi connectivity index (χ4n) is 1.40. The summed E-state index contributed by atoms with van der Waals surface area (Å²) >= 11 is 3.13. The molecule has 2 nitrogen and oxygen atoms in total. The lowest BCUT2D eigenvalue weighted by Crippen LogP contribution is -2.39. The standard InChI is InChI=1S/C11H12BrF4NO/c1-17(6-10(18)11(14,15)16)5-7-2-3-8(13)4-9(7)12/h2-4,10,18H,5-6H2,1H3. The first-order valence-corrected chi connectivity index (χ1v) is 5.86. The van der Waals surface area contributed by atoms with Gasteiger partial charge in [-0.3, -0.25) is 4.90 Å². The van der Waals surface area contributed by atoms with Crippen LogP contribution in [0.3, 0.4) is 0 Å². The number of alkyl halides is 3. The maximum atomic E-state index is 12.8. The highest BCUT2D eigenvalue weighted by Crippen LogP contribution is 2.22. The molecule has 0 saturated carbocycles. The first-order valence-electron chi connectivity index (χ1n) is 5.07. The molecule has 1 rings (SSSR count). The minimum atomic E-state index is -4.63. The number of halogens is 5. The molecule has 0 aromatic heterocycles. The Morgan fingerprint density at radius 2 is 2.00 bits per heavy atom. The van der Waals surface area contributed by atoms with Crippen LogP contribution in [0.5, 0.6) is 0 Å². The van der Waals surface area contributed by atoms with Crippen LogP contribution < -0.4 is 0 Å². The number of nitrogens with zero attached hydrogens (tertiary/aromatic N) is 1. The van der Waals surface area contributed by atoms with Crippen molar-refractivity contribution in [2.45, 2.75) is 18.8 Å². The van der Waals surface area contributed by atoms with Gasteiger partial charge in [0, 0.05) is 17.6 Å². The van der Waals surface area contributed by atoms with Gasteiger partial charge in [0.1, 0.15) is 5.82 Å². The van der Waals surface area contributed by atoms with Gasteiger partial charge in [-0.15, -0.1) is 0 Å². The second-order valence-electron chi connectivity index (χ2n) is 3.99. The van der Waals surface area contributed by atoms with Gasteiger partial charge < -0.3 is 5.11 Å². The highest BCUT2D eigenvalue weighted by molar-refractivity contribution is 9.10. The molecule has 0 aliphatic heterocycles. The van der Waals surface area contributed by atoms with Gasteiger partial charge in [0.05, 0.1) is 0 Å². The van der Waals surface area contributed by atoms with E-state index in [1.807, 2.05) is 0 Å². The van der Waals surface area contributed by atoms with Gasteiger partial charge in [-0.1, -0.05) is 22.0 Å². The van der Waals surface area contributed by atoms with Crippen LogP contribution in [0, 0.1) is 5.82 Å². The second-order valence-corrected chi connectivity index (χ2v) is 4.84. The molecule has 0 heterocycles. The van der Waals surface area contributed by atoms with Crippen LogP contribution >= 0.6 is 15.9 Å². The van der Waals surface area contributed by atoms with Crippen LogP contribution in [0.25, 0.3) is 0 Å². The molecule has 1 aromatic rings. The van der Waals surface area contributed by atoms with Crippen molar-refractivity contribution in [1.29, 1.82) is 0 Å². The summed E-state index contributed by atoms with van der Waals surface area (Å²) in [7, 11) is 1.45. The zero-order chi connectivity index (χ0) is 13.9. The van der Waals surface area contributed by atoms with Gasteiger partial charge >= 0.3 is 6.18 Å². The van der Waals surface area contributed by atoms with Crippen LogP contribution in [0.2, 0.25) is 0 Å². The molecule has 0 amide bonds. The minimum Gasteiger partial charge on any atom is -0.382 e. The van der Waals surface area contributed by atoms with E-state index >= 15 is 0 Å². The highest BCUT2D eigenvalue weighted by Gasteiger charge is 2.38. The molecule has 1 N–H and O–H groups in total. The Bertz CT molecular complexity index is 411. The van der Waals surface area contributed by atoms with Crippen molar-refractivity contribution in [1.82, 2.24) is 4.90 Å². The van der Waals surface area contributed by atoms with E-state index in [0.717, 1.165) is 0 Å². The zero-order valence-corrected chi connectivity index (χ0v) is 11.1. The van der Waals surface area contributed by atoms with E-state index in [1.54, 1.807) is 0 Å². The molecular formula is C11H12BrF4NO. The first kappa shape index (κ1) is 15.4. The third-order valence-corrected chi connectivity index (χ3v) is 3.06. The number of rotatable bonds is 4. The van der Waals surface area contributed by atoms with E-state index in [-0.39, 0.29) is 6.54 Å². The lowest BCUT2D eigenvalue weighted by atomic mass is 10.2. The maximum Gasteiger partial charge on any atom is 0.415 e. The summed E-state index contributed by atoms with van der Waals surface area (Å²) < 4.78 is 49.7. The van der Waals surface area contributed by atoms with Crippen LogP contribution in [0.15, 0.2) is 22.7 Å². The van der Waals surface area contributed by atoms with Crippen molar-refractivity contribution < 1.29 is 22.7 Å². The smallest absolute Gasteiger partial charge is 0.382 e. The van der Waals surface area contributed by atoms with Gasteiger partial charge in [-0.2, -0.15) is 13.2 Å². The Kier molecular flexibility index (Phi) is 5.12. The molecule has 0 spiro atoms. The SMILES string of the molecule is CN(Cc1ccc(F)cc1Br)CC(O)C(F)(F)F. The van der Waals surface area contributed by atoms with E-state index in [0.29, 0.717) is 10.0 Å². The summed E-state index contributed by atoms with van der Waals surface area (Å²) in [5.41, 5.74) is 0.647. The third-order valence-electron chi connectivity index (χ3n) is 2.32. The largest absolute Gasteiger partial charge is 0.415 e. The van der Waals surface area contributed by atoms with Crippen LogP contribution in [0.4, 0.5) is 17.6 Å². The fourth-order valence-corrected chi connectivity index (χ4v) is 1.88. The van der Waals surface area contributed by atoms with Gasteiger partial charge in [-0.05, 0) is 24.7 Å². The molecule has 102 valence electrons. The normalized spacial score (nSPS) is 14.0. The number of aliphatic hydroxyl groups is 1. The first-order chi connectivity index (χ1) is 8.20. The van der Waals surface area contributed by atoms with E-state index in [9.17, 15) is 17.6 Å². The number of benzene rings is 1. The molecule has 0 bridgehead atoms. The molecule has 18 heavy (non-hydrogen) atoms. The number of aliphatic hydroxyl groups excluding tert-OH is 1. The summed E-state index contributed by atoms with van der Waals surface area (Å²) in [6.07, 6.45) is -7.02. The molecule has 0 fully saturated rings. The van der Waals surface area contributed by atoms with Crippen molar-refractivity contribution in [3.05, 3.63) is 34.1 Å². The Balaban J connectivity index is 2.62. The predicted molar refractivity (Wildman–Crippen MR) is 62.5 cm³/mol. The Morgan fingerprint density at radius 3 is 2.50 bits per heavy atom. The number of hydrogen-bond donors (Lipinski definition) is 1. The molecule has 1 atom stereocenters. The van der Waals surface area contributed by atoms with E-state index < -0.39 is 24.6 Å². The Hall–Kier alpha value is -0.660. The third kappa shape index (κ3) is 4.55. The molecule has 7 heteroatoms. The summed E-state index contributed by atoms with van der Waals surface area (Å²) in [5, 5.41) is 8.91. The van der Waals surface area contributed by atoms with Gasteiger partial charge in [0.15, 0.2) is 6.10 Å². The van der Waals surface area contributed by atoms with Crippen molar-refractivity contribution in [2.24, 2.45) is 0 Å². The van der Waals surface area contributed by atoms with Crippen LogP contribution in [-0.4, -0.2) is 35.9 Å². The summed E-state index contributed by atoms with van der Waals surface area (Å²) in [6, 6.07) is 3.95. The van der Waals surface area contributed by atoms with Crippen LogP contribution in [0.1, 0.15) is 5.56 Å². The monoisotopic (exact) mass is 329 g/mol. The molecule has 0 aliphatic carbocycles. The predicted octanol–water partition coefficient (Wildman–Crippen LogP) is 2.94. The Morgan fingerprint density at radius 1 is 1.39 bits per heavy atom. The lowest BCUT2D eigenvalue weighted by Gasteiger charge is -2.22. The molecule has 1 unspecified atom stereocenters. The van der Waals surface area contributed by atoms with Gasteiger partial charge in [0.25, 0.3) is 0 Å². The van der Waals surface area contributed by atoms with Crippen molar-refractivity contribution in [3.8, 4) is 0 Å². The van der Waals surface area contributed by atoms with E-state index in [2.05, 4.69) is 15.9 Å². The summed E-state index contributed by atoms with van der Waals surface area (Å²) in [5.74, 6) is -0.427. The van der Waals surface area contributed by atoms with Gasteiger partial charge in [-0.25, -0.2) is 4.39 Å². The minimum absolute atomic E-state index is 0.175.